The SMILES string of the molecule is N#Cc1cccc(-c2cccc(-n3c4c(c5cc6sc7c(c6cc53)CCC=C7)CCC=C4)c2)c1-n1c2ccccc2c2ccccc21. The number of aromatic nitrogens is 2. The number of rotatable bonds is 3. The van der Waals surface area contributed by atoms with E-state index in [-0.39, 0.29) is 0 Å². The normalized spacial score (nSPS) is 13.9. The minimum absolute atomic E-state index is 0.657. The molecule has 0 saturated carbocycles. The topological polar surface area (TPSA) is 33.6 Å². The summed E-state index contributed by atoms with van der Waals surface area (Å²) in [6.07, 6.45) is 13.6. The number of aryl methyl sites for hydroxylation is 2. The number of allylic oxidation sites excluding steroid dienone is 2. The lowest BCUT2D eigenvalue weighted by atomic mass is 9.98. The number of hydrogen-bond donors (Lipinski definition) is 0. The van der Waals surface area contributed by atoms with Gasteiger partial charge in [-0.2, -0.15) is 5.26 Å². The molecule has 0 bridgehead atoms. The van der Waals surface area contributed by atoms with Crippen LogP contribution in [0.15, 0.2) is 115 Å². The second kappa shape index (κ2) is 10.2. The second-order valence-electron chi connectivity index (χ2n) is 12.6. The summed E-state index contributed by atoms with van der Waals surface area (Å²) in [5.41, 5.74) is 12.5. The molecule has 0 aliphatic heterocycles. The van der Waals surface area contributed by atoms with Gasteiger partial charge in [-0.05, 0) is 102 Å². The number of thiophene rings is 1. The third-order valence-electron chi connectivity index (χ3n) is 10.1. The van der Waals surface area contributed by atoms with Crippen LogP contribution in [-0.4, -0.2) is 9.13 Å². The van der Waals surface area contributed by atoms with Crippen LogP contribution in [0, 0.1) is 11.3 Å². The number of nitrogens with zero attached hydrogens (tertiary/aromatic N) is 3. The Morgan fingerprint density at radius 1 is 0.617 bits per heavy atom. The van der Waals surface area contributed by atoms with Crippen LogP contribution in [-0.2, 0) is 12.8 Å². The van der Waals surface area contributed by atoms with Gasteiger partial charge in [0.15, 0.2) is 0 Å². The van der Waals surface area contributed by atoms with Gasteiger partial charge in [0.05, 0.1) is 27.8 Å². The van der Waals surface area contributed by atoms with Crippen LogP contribution in [0.1, 0.15) is 40.1 Å². The Morgan fingerprint density at radius 2 is 1.36 bits per heavy atom. The Kier molecular flexibility index (Phi) is 5.76. The fourth-order valence-corrected chi connectivity index (χ4v) is 9.27. The van der Waals surface area contributed by atoms with Gasteiger partial charge in [-0.3, -0.25) is 0 Å². The molecule has 0 saturated heterocycles. The van der Waals surface area contributed by atoms with E-state index in [1.54, 1.807) is 0 Å². The van der Waals surface area contributed by atoms with E-state index >= 15 is 0 Å². The summed E-state index contributed by atoms with van der Waals surface area (Å²) in [6, 6.07) is 39.5. The Labute approximate surface area is 276 Å². The summed E-state index contributed by atoms with van der Waals surface area (Å²) in [6.45, 7) is 0. The molecule has 0 unspecified atom stereocenters. The highest BCUT2D eigenvalue weighted by atomic mass is 32.1. The highest BCUT2D eigenvalue weighted by Gasteiger charge is 2.23. The van der Waals surface area contributed by atoms with Crippen LogP contribution >= 0.6 is 11.3 Å². The first kappa shape index (κ1) is 26.6. The monoisotopic (exact) mass is 619 g/mol. The lowest BCUT2D eigenvalue weighted by Gasteiger charge is -2.17. The van der Waals surface area contributed by atoms with Crippen LogP contribution in [0.25, 0.3) is 77.4 Å². The Morgan fingerprint density at radius 3 is 2.17 bits per heavy atom. The number of fused-ring (bicyclic) bond motifs is 9. The summed E-state index contributed by atoms with van der Waals surface area (Å²) in [5.74, 6) is 0. The van der Waals surface area contributed by atoms with Crippen molar-refractivity contribution in [2.75, 3.05) is 0 Å². The zero-order chi connectivity index (χ0) is 31.1. The van der Waals surface area contributed by atoms with Gasteiger partial charge >= 0.3 is 0 Å². The zero-order valence-corrected chi connectivity index (χ0v) is 26.5. The molecule has 3 heterocycles. The number of nitriles is 1. The van der Waals surface area contributed by atoms with Gasteiger partial charge in [0, 0.05) is 42.7 Å². The highest BCUT2D eigenvalue weighted by Crippen LogP contribution is 2.43. The van der Waals surface area contributed by atoms with Gasteiger partial charge in [0.2, 0.25) is 0 Å². The van der Waals surface area contributed by atoms with Crippen LogP contribution in [0.4, 0.5) is 0 Å². The maximum absolute atomic E-state index is 10.5. The molecule has 3 aromatic heterocycles. The molecule has 3 nitrogen and oxygen atoms in total. The quantitative estimate of drug-likeness (QED) is 0.194. The number of benzene rings is 5. The molecule has 4 heteroatoms. The summed E-state index contributed by atoms with van der Waals surface area (Å²) in [5, 5.41) is 15.6. The summed E-state index contributed by atoms with van der Waals surface area (Å²) in [7, 11) is 0. The first-order valence-electron chi connectivity index (χ1n) is 16.4. The average molecular weight is 620 g/mol. The van der Waals surface area contributed by atoms with Gasteiger partial charge in [0.1, 0.15) is 6.07 Å². The summed E-state index contributed by atoms with van der Waals surface area (Å²) >= 11 is 1.93. The van der Waals surface area contributed by atoms with Crippen LogP contribution in [0.5, 0.6) is 0 Å². The molecule has 10 rings (SSSR count). The van der Waals surface area contributed by atoms with E-state index in [9.17, 15) is 5.26 Å². The van der Waals surface area contributed by atoms with E-state index in [4.69, 9.17) is 0 Å². The standard InChI is InChI=1S/C43H29N3S/c44-26-28-12-10-18-30(43(28)46-38-20-6-1-14-31(38)32-15-2-7-21-39(32)46)27-11-9-13-29(23-27)45-37-19-5-3-16-33(37)35-25-42-36(24-40(35)45)34-17-4-8-22-41(34)47-42/h1-2,5-15,18-25H,3-4,16-17H2. The van der Waals surface area contributed by atoms with E-state index in [0.717, 1.165) is 59.2 Å². The van der Waals surface area contributed by atoms with Crippen LogP contribution in [0.2, 0.25) is 0 Å². The molecule has 8 aromatic rings. The number of para-hydroxylation sites is 3. The van der Waals surface area contributed by atoms with Crippen LogP contribution in [0.3, 0.4) is 0 Å². The maximum atomic E-state index is 10.5. The number of hydrogen-bond acceptors (Lipinski definition) is 2. The molecule has 0 N–H and O–H groups in total. The summed E-state index contributed by atoms with van der Waals surface area (Å²) < 4.78 is 6.15. The van der Waals surface area contributed by atoms with Gasteiger partial charge < -0.3 is 9.13 Å². The molecular weight excluding hydrogens is 591 g/mol. The van der Waals surface area contributed by atoms with E-state index in [1.807, 2.05) is 23.5 Å². The zero-order valence-electron chi connectivity index (χ0n) is 25.7. The Balaban J connectivity index is 1.23. The largest absolute Gasteiger partial charge is 0.310 e. The van der Waals surface area contributed by atoms with Crippen molar-refractivity contribution in [1.82, 2.24) is 9.13 Å². The van der Waals surface area contributed by atoms with Crippen molar-refractivity contribution < 1.29 is 0 Å². The molecule has 0 atom stereocenters. The first-order chi connectivity index (χ1) is 23.3. The van der Waals surface area contributed by atoms with E-state index in [1.165, 1.54) is 53.5 Å². The van der Waals surface area contributed by atoms with Crippen molar-refractivity contribution in [3.05, 3.63) is 143 Å². The molecule has 47 heavy (non-hydrogen) atoms. The van der Waals surface area contributed by atoms with E-state index < -0.39 is 0 Å². The van der Waals surface area contributed by atoms with Gasteiger partial charge in [0.25, 0.3) is 0 Å². The molecule has 0 radical (unpaired) electrons. The van der Waals surface area contributed by atoms with Gasteiger partial charge in [-0.15, -0.1) is 11.3 Å². The van der Waals surface area contributed by atoms with E-state index in [0.29, 0.717) is 5.56 Å². The van der Waals surface area contributed by atoms with Crippen LogP contribution < -0.4 is 0 Å². The minimum atomic E-state index is 0.657. The predicted molar refractivity (Wildman–Crippen MR) is 198 cm³/mol. The van der Waals surface area contributed by atoms with Crippen molar-refractivity contribution in [2.24, 2.45) is 0 Å². The third-order valence-corrected chi connectivity index (χ3v) is 11.3. The van der Waals surface area contributed by atoms with Crippen molar-refractivity contribution in [3.8, 4) is 28.6 Å². The molecule has 222 valence electrons. The maximum Gasteiger partial charge on any atom is 0.101 e. The lowest BCUT2D eigenvalue weighted by Crippen LogP contribution is -2.02. The predicted octanol–water partition coefficient (Wildman–Crippen LogP) is 11.4. The second-order valence-corrected chi connectivity index (χ2v) is 13.7. The van der Waals surface area contributed by atoms with Crippen molar-refractivity contribution in [1.29, 1.82) is 5.26 Å². The average Bonchev–Trinajstić information content (AvgIpc) is 3.77. The van der Waals surface area contributed by atoms with E-state index in [2.05, 4.69) is 131 Å². The molecule has 2 aliphatic carbocycles. The molecule has 5 aromatic carbocycles. The van der Waals surface area contributed by atoms with Gasteiger partial charge in [-0.25, -0.2) is 0 Å². The first-order valence-corrected chi connectivity index (χ1v) is 17.2. The fourth-order valence-electron chi connectivity index (χ4n) is 8.06. The summed E-state index contributed by atoms with van der Waals surface area (Å²) in [4.78, 5) is 1.41. The highest BCUT2D eigenvalue weighted by molar-refractivity contribution is 7.20. The van der Waals surface area contributed by atoms with Crippen molar-refractivity contribution >= 4 is 66.3 Å². The molecule has 0 amide bonds. The fraction of sp³-hybridized carbons (Fsp3) is 0.0930. The molecule has 2 aliphatic rings. The minimum Gasteiger partial charge on any atom is -0.310 e. The molecular formula is C43H29N3S. The Hall–Kier alpha value is -5.63. The smallest absolute Gasteiger partial charge is 0.101 e. The molecule has 0 fully saturated rings. The Bertz CT molecular complexity index is 2650. The van der Waals surface area contributed by atoms with Gasteiger partial charge in [-0.1, -0.05) is 72.8 Å². The molecule has 0 spiro atoms. The van der Waals surface area contributed by atoms with Crippen molar-refractivity contribution in [3.63, 3.8) is 0 Å². The lowest BCUT2D eigenvalue weighted by molar-refractivity contribution is 0.967. The third kappa shape index (κ3) is 3.84. The van der Waals surface area contributed by atoms with Crippen molar-refractivity contribution in [2.45, 2.75) is 25.7 Å².